The second-order valence-corrected chi connectivity index (χ2v) is 8.59. The number of nitrogens with zero attached hydrogens (tertiary/aromatic N) is 2. The molecule has 148 valence electrons. The largest absolute Gasteiger partial charge is 0.356 e. The van der Waals surface area contributed by atoms with Crippen molar-refractivity contribution >= 4 is 40.0 Å². The zero-order valence-corrected chi connectivity index (χ0v) is 19.0. The van der Waals surface area contributed by atoms with Crippen LogP contribution < -0.4 is 10.6 Å². The van der Waals surface area contributed by atoms with E-state index in [9.17, 15) is 8.42 Å². The number of hydrogen-bond acceptors (Lipinski definition) is 3. The summed E-state index contributed by atoms with van der Waals surface area (Å²) in [5.41, 5.74) is 1.61. The number of aliphatic imine (C=N–C) groups is 1. The van der Waals surface area contributed by atoms with Crippen LogP contribution in [0.2, 0.25) is 0 Å². The minimum Gasteiger partial charge on any atom is -0.356 e. The van der Waals surface area contributed by atoms with Crippen LogP contribution in [0.1, 0.15) is 31.7 Å². The highest BCUT2D eigenvalue weighted by molar-refractivity contribution is 14.0. The van der Waals surface area contributed by atoms with Crippen LogP contribution in [0.3, 0.4) is 0 Å². The van der Waals surface area contributed by atoms with E-state index in [0.29, 0.717) is 19.6 Å². The molecule has 0 saturated heterocycles. The van der Waals surface area contributed by atoms with Crippen LogP contribution in [0.25, 0.3) is 0 Å². The predicted octanol–water partition coefficient (Wildman–Crippen LogP) is 2.17. The quantitative estimate of drug-likeness (QED) is 0.239. The first kappa shape index (κ1) is 23.2. The summed E-state index contributed by atoms with van der Waals surface area (Å²) in [4.78, 5) is 4.26. The molecule has 1 aromatic carbocycles. The molecule has 0 atom stereocenters. The van der Waals surface area contributed by atoms with Gasteiger partial charge in [-0.2, -0.15) is 0 Å². The Labute approximate surface area is 174 Å². The summed E-state index contributed by atoms with van der Waals surface area (Å²) < 4.78 is 24.6. The summed E-state index contributed by atoms with van der Waals surface area (Å²) in [5.74, 6) is 0.768. The fourth-order valence-electron chi connectivity index (χ4n) is 3.00. The Morgan fingerprint density at radius 3 is 2.38 bits per heavy atom. The monoisotopic (exact) mass is 494 g/mol. The highest BCUT2D eigenvalue weighted by Gasteiger charge is 2.43. The zero-order chi connectivity index (χ0) is 18.3. The Hall–Kier alpha value is -0.870. The molecule has 2 N–H and O–H groups in total. The molecular formula is C18H31IN4O2S. The summed E-state index contributed by atoms with van der Waals surface area (Å²) in [6.45, 7) is 4.43. The standard InChI is InChI=1S/C18H30N4O2S.HI/c1-4-22(25(3,23)24)14-8-13-20-17(19-2)21-15-18(11-12-18)16-9-6-5-7-10-16;/h5-7,9-10H,4,8,11-15H2,1-3H3,(H2,19,20,21);1H. The van der Waals surface area contributed by atoms with Crippen LogP contribution >= 0.6 is 24.0 Å². The van der Waals surface area contributed by atoms with E-state index < -0.39 is 10.0 Å². The van der Waals surface area contributed by atoms with Gasteiger partial charge in [0.05, 0.1) is 6.26 Å². The van der Waals surface area contributed by atoms with Crippen LogP contribution in [0.4, 0.5) is 0 Å². The molecule has 1 saturated carbocycles. The molecule has 1 fully saturated rings. The topological polar surface area (TPSA) is 73.8 Å². The lowest BCUT2D eigenvalue weighted by Crippen LogP contribution is -2.42. The van der Waals surface area contributed by atoms with Gasteiger partial charge in [-0.3, -0.25) is 4.99 Å². The van der Waals surface area contributed by atoms with E-state index in [-0.39, 0.29) is 29.4 Å². The van der Waals surface area contributed by atoms with Crippen molar-refractivity contribution in [3.8, 4) is 0 Å². The maximum absolute atomic E-state index is 11.6. The molecule has 1 aliphatic rings. The minimum atomic E-state index is -3.11. The van der Waals surface area contributed by atoms with Crippen LogP contribution in [0.15, 0.2) is 35.3 Å². The Kier molecular flexibility index (Phi) is 9.32. The Morgan fingerprint density at radius 2 is 1.88 bits per heavy atom. The number of halogens is 1. The van der Waals surface area contributed by atoms with Gasteiger partial charge in [0.15, 0.2) is 5.96 Å². The first-order chi connectivity index (χ1) is 11.9. The predicted molar refractivity (Wildman–Crippen MR) is 119 cm³/mol. The van der Waals surface area contributed by atoms with Crippen molar-refractivity contribution in [3.63, 3.8) is 0 Å². The molecule has 26 heavy (non-hydrogen) atoms. The van der Waals surface area contributed by atoms with Crippen LogP contribution in [0.5, 0.6) is 0 Å². The van der Waals surface area contributed by atoms with Crippen molar-refractivity contribution in [2.24, 2.45) is 4.99 Å². The van der Waals surface area contributed by atoms with Gasteiger partial charge in [-0.1, -0.05) is 37.3 Å². The van der Waals surface area contributed by atoms with Gasteiger partial charge in [-0.05, 0) is 24.8 Å². The van der Waals surface area contributed by atoms with Gasteiger partial charge in [0.2, 0.25) is 10.0 Å². The van der Waals surface area contributed by atoms with Crippen molar-refractivity contribution in [2.75, 3.05) is 39.5 Å². The fraction of sp³-hybridized carbons (Fsp3) is 0.611. The van der Waals surface area contributed by atoms with Gasteiger partial charge in [-0.15, -0.1) is 24.0 Å². The van der Waals surface area contributed by atoms with Gasteiger partial charge in [0.1, 0.15) is 0 Å². The number of sulfonamides is 1. The third-order valence-electron chi connectivity index (χ3n) is 4.76. The number of benzene rings is 1. The highest BCUT2D eigenvalue weighted by Crippen LogP contribution is 2.47. The SMILES string of the molecule is CCN(CCCNC(=NC)NCC1(c2ccccc2)CC1)S(C)(=O)=O.I. The third kappa shape index (κ3) is 6.70. The van der Waals surface area contributed by atoms with E-state index in [0.717, 1.165) is 18.9 Å². The molecule has 1 aliphatic carbocycles. The van der Waals surface area contributed by atoms with E-state index in [1.807, 2.05) is 13.0 Å². The first-order valence-electron chi connectivity index (χ1n) is 8.86. The molecule has 8 heteroatoms. The molecule has 0 amide bonds. The second kappa shape index (κ2) is 10.5. The van der Waals surface area contributed by atoms with Gasteiger partial charge in [0, 0.05) is 38.6 Å². The summed E-state index contributed by atoms with van der Waals surface area (Å²) in [7, 11) is -1.36. The van der Waals surface area contributed by atoms with E-state index in [1.165, 1.54) is 29.0 Å². The Morgan fingerprint density at radius 1 is 1.23 bits per heavy atom. The summed E-state index contributed by atoms with van der Waals surface area (Å²) in [5, 5.41) is 6.68. The minimum absolute atomic E-state index is 0. The van der Waals surface area contributed by atoms with E-state index in [1.54, 1.807) is 7.05 Å². The fourth-order valence-corrected chi connectivity index (χ4v) is 3.93. The molecular weight excluding hydrogens is 463 g/mol. The van der Waals surface area contributed by atoms with Crippen LogP contribution in [-0.4, -0.2) is 58.2 Å². The van der Waals surface area contributed by atoms with E-state index in [4.69, 9.17) is 0 Å². The molecule has 2 rings (SSSR count). The second-order valence-electron chi connectivity index (χ2n) is 6.61. The number of rotatable bonds is 9. The average molecular weight is 494 g/mol. The van der Waals surface area contributed by atoms with Crippen molar-refractivity contribution in [2.45, 2.75) is 31.6 Å². The molecule has 0 bridgehead atoms. The van der Waals surface area contributed by atoms with Crippen LogP contribution in [0, 0.1) is 0 Å². The molecule has 1 aromatic rings. The normalized spacial score (nSPS) is 16.1. The highest BCUT2D eigenvalue weighted by atomic mass is 127. The van der Waals surface area contributed by atoms with E-state index >= 15 is 0 Å². The molecule has 0 spiro atoms. The summed E-state index contributed by atoms with van der Waals surface area (Å²) in [6, 6.07) is 10.6. The van der Waals surface area contributed by atoms with Crippen molar-refractivity contribution < 1.29 is 8.42 Å². The number of nitrogens with one attached hydrogen (secondary N) is 2. The van der Waals surface area contributed by atoms with Gasteiger partial charge < -0.3 is 10.6 Å². The molecule has 0 heterocycles. The van der Waals surface area contributed by atoms with Crippen molar-refractivity contribution in [1.82, 2.24) is 14.9 Å². The number of hydrogen-bond donors (Lipinski definition) is 2. The third-order valence-corrected chi connectivity index (χ3v) is 6.13. The smallest absolute Gasteiger partial charge is 0.211 e. The molecule has 0 aromatic heterocycles. The van der Waals surface area contributed by atoms with Crippen molar-refractivity contribution in [3.05, 3.63) is 35.9 Å². The zero-order valence-electron chi connectivity index (χ0n) is 15.9. The van der Waals surface area contributed by atoms with Crippen molar-refractivity contribution in [1.29, 1.82) is 0 Å². The Bertz CT molecular complexity index is 676. The molecule has 0 radical (unpaired) electrons. The number of guanidine groups is 1. The maximum Gasteiger partial charge on any atom is 0.211 e. The molecule has 0 unspecified atom stereocenters. The lowest BCUT2D eigenvalue weighted by molar-refractivity contribution is 0.424. The Balaban J connectivity index is 0.00000338. The van der Waals surface area contributed by atoms with Gasteiger partial charge in [0.25, 0.3) is 0 Å². The summed E-state index contributed by atoms with van der Waals surface area (Å²) in [6.07, 6.45) is 4.39. The van der Waals surface area contributed by atoms with Gasteiger partial charge >= 0.3 is 0 Å². The first-order valence-corrected chi connectivity index (χ1v) is 10.7. The van der Waals surface area contributed by atoms with Crippen LogP contribution in [-0.2, 0) is 15.4 Å². The van der Waals surface area contributed by atoms with Gasteiger partial charge in [-0.25, -0.2) is 12.7 Å². The summed E-state index contributed by atoms with van der Waals surface area (Å²) >= 11 is 0. The lowest BCUT2D eigenvalue weighted by Gasteiger charge is -2.20. The maximum atomic E-state index is 11.6. The lowest BCUT2D eigenvalue weighted by atomic mass is 9.96. The molecule has 6 nitrogen and oxygen atoms in total. The average Bonchev–Trinajstić information content (AvgIpc) is 3.38. The van der Waals surface area contributed by atoms with E-state index in [2.05, 4.69) is 39.9 Å². The molecule has 0 aliphatic heterocycles.